The zero-order valence-electron chi connectivity index (χ0n) is 10.6. The van der Waals surface area contributed by atoms with E-state index in [0.717, 1.165) is 25.3 Å². The summed E-state index contributed by atoms with van der Waals surface area (Å²) >= 11 is 0. The molecular weight excluding hydrogens is 214 g/mol. The molecule has 1 aromatic rings. The summed E-state index contributed by atoms with van der Waals surface area (Å²) in [5.74, 6) is 0.696. The third-order valence-corrected chi connectivity index (χ3v) is 3.33. The van der Waals surface area contributed by atoms with E-state index in [1.165, 1.54) is 12.8 Å². The molecule has 1 N–H and O–H groups in total. The average molecular weight is 235 g/mol. The second-order valence-corrected chi connectivity index (χ2v) is 4.57. The second kappa shape index (κ2) is 5.98. The van der Waals surface area contributed by atoms with Gasteiger partial charge in [-0.15, -0.1) is 0 Å². The number of nitrogens with zero attached hydrogens (tertiary/aromatic N) is 2. The normalized spacial score (nSPS) is 17.4. The van der Waals surface area contributed by atoms with E-state index in [1.54, 1.807) is 7.11 Å². The van der Waals surface area contributed by atoms with E-state index in [1.807, 2.05) is 12.1 Å². The molecule has 0 amide bonds. The van der Waals surface area contributed by atoms with Gasteiger partial charge in [-0.25, -0.2) is 4.98 Å². The van der Waals surface area contributed by atoms with Gasteiger partial charge >= 0.3 is 0 Å². The van der Waals surface area contributed by atoms with Crippen LogP contribution in [-0.2, 0) is 6.54 Å². The van der Waals surface area contributed by atoms with Gasteiger partial charge in [0.1, 0.15) is 0 Å². The fraction of sp³-hybridized carbons (Fsp3) is 0.615. The van der Waals surface area contributed by atoms with Gasteiger partial charge in [0.15, 0.2) is 0 Å². The molecule has 2 rings (SSSR count). The molecule has 0 radical (unpaired) electrons. The molecule has 0 unspecified atom stereocenters. The van der Waals surface area contributed by atoms with Crippen LogP contribution in [0.2, 0.25) is 0 Å². The van der Waals surface area contributed by atoms with Crippen LogP contribution < -0.4 is 10.1 Å². The summed E-state index contributed by atoms with van der Waals surface area (Å²) in [7, 11) is 3.83. The summed E-state index contributed by atoms with van der Waals surface area (Å²) in [5.41, 5.74) is 1.07. The molecule has 4 heteroatoms. The quantitative estimate of drug-likeness (QED) is 0.853. The van der Waals surface area contributed by atoms with Gasteiger partial charge in [-0.2, -0.15) is 0 Å². The molecule has 1 aromatic heterocycles. The lowest BCUT2D eigenvalue weighted by atomic mass is 10.1. The van der Waals surface area contributed by atoms with Gasteiger partial charge in [-0.05, 0) is 39.0 Å². The predicted octanol–water partition coefficient (Wildman–Crippen LogP) is 1.27. The first-order valence-corrected chi connectivity index (χ1v) is 6.20. The number of aromatic nitrogens is 1. The number of piperidine rings is 1. The van der Waals surface area contributed by atoms with Crippen LogP contribution in [0.5, 0.6) is 5.88 Å². The van der Waals surface area contributed by atoms with Gasteiger partial charge in [0.25, 0.3) is 0 Å². The molecule has 1 saturated heterocycles. The van der Waals surface area contributed by atoms with E-state index >= 15 is 0 Å². The molecule has 0 atom stereocenters. The Balaban J connectivity index is 1.94. The van der Waals surface area contributed by atoms with Gasteiger partial charge in [0.2, 0.25) is 5.88 Å². The second-order valence-electron chi connectivity index (χ2n) is 4.57. The molecule has 0 aromatic carbocycles. The van der Waals surface area contributed by atoms with Crippen LogP contribution in [0.1, 0.15) is 18.5 Å². The summed E-state index contributed by atoms with van der Waals surface area (Å²) in [6.07, 6.45) is 2.45. The number of pyridine rings is 1. The lowest BCUT2D eigenvalue weighted by Gasteiger charge is -2.31. The van der Waals surface area contributed by atoms with Crippen LogP contribution in [0.25, 0.3) is 0 Å². The van der Waals surface area contributed by atoms with Crippen LogP contribution in [-0.4, -0.2) is 43.2 Å². The molecule has 0 aliphatic carbocycles. The summed E-state index contributed by atoms with van der Waals surface area (Å²) in [4.78, 5) is 6.84. The topological polar surface area (TPSA) is 37.4 Å². The highest BCUT2D eigenvalue weighted by Gasteiger charge is 2.17. The Morgan fingerprint density at radius 1 is 1.41 bits per heavy atom. The molecule has 0 bridgehead atoms. The van der Waals surface area contributed by atoms with Crippen LogP contribution in [0.3, 0.4) is 0 Å². The maximum absolute atomic E-state index is 5.14. The van der Waals surface area contributed by atoms with Crippen molar-refractivity contribution < 1.29 is 4.74 Å². The SMILES string of the molecule is COc1cccc(CN(C)C2CCNCC2)n1. The van der Waals surface area contributed by atoms with Gasteiger partial charge in [-0.1, -0.05) is 6.07 Å². The molecule has 0 saturated carbocycles. The van der Waals surface area contributed by atoms with E-state index < -0.39 is 0 Å². The van der Waals surface area contributed by atoms with Crippen molar-refractivity contribution in [3.63, 3.8) is 0 Å². The molecule has 94 valence electrons. The van der Waals surface area contributed by atoms with Crippen molar-refractivity contribution in [2.45, 2.75) is 25.4 Å². The number of hydrogen-bond donors (Lipinski definition) is 1. The molecule has 1 aliphatic rings. The van der Waals surface area contributed by atoms with Crippen LogP contribution in [0.4, 0.5) is 0 Å². The minimum absolute atomic E-state index is 0.671. The predicted molar refractivity (Wildman–Crippen MR) is 68.1 cm³/mol. The first-order chi connectivity index (χ1) is 8.29. The number of methoxy groups -OCH3 is 1. The smallest absolute Gasteiger partial charge is 0.213 e. The monoisotopic (exact) mass is 235 g/mol. The lowest BCUT2D eigenvalue weighted by molar-refractivity contribution is 0.189. The van der Waals surface area contributed by atoms with Crippen molar-refractivity contribution in [2.24, 2.45) is 0 Å². The summed E-state index contributed by atoms with van der Waals surface area (Å²) in [5, 5.41) is 3.39. The third kappa shape index (κ3) is 3.41. The molecule has 0 spiro atoms. The zero-order chi connectivity index (χ0) is 12.1. The maximum Gasteiger partial charge on any atom is 0.213 e. The maximum atomic E-state index is 5.14. The largest absolute Gasteiger partial charge is 0.481 e. The summed E-state index contributed by atoms with van der Waals surface area (Å²) in [6, 6.07) is 6.61. The first kappa shape index (κ1) is 12.3. The minimum Gasteiger partial charge on any atom is -0.481 e. The van der Waals surface area contributed by atoms with Crippen molar-refractivity contribution in [3.8, 4) is 5.88 Å². The van der Waals surface area contributed by atoms with E-state index in [-0.39, 0.29) is 0 Å². The van der Waals surface area contributed by atoms with E-state index in [2.05, 4.69) is 28.3 Å². The van der Waals surface area contributed by atoms with Crippen molar-refractivity contribution in [3.05, 3.63) is 23.9 Å². The Labute approximate surface area is 103 Å². The van der Waals surface area contributed by atoms with Crippen molar-refractivity contribution >= 4 is 0 Å². The number of ether oxygens (including phenoxy) is 1. The molecule has 4 nitrogen and oxygen atoms in total. The summed E-state index contributed by atoms with van der Waals surface area (Å²) in [6.45, 7) is 3.14. The van der Waals surface area contributed by atoms with Crippen LogP contribution in [0, 0.1) is 0 Å². The Kier molecular flexibility index (Phi) is 4.34. The fourth-order valence-corrected chi connectivity index (χ4v) is 2.29. The van der Waals surface area contributed by atoms with E-state index in [0.29, 0.717) is 11.9 Å². The highest BCUT2D eigenvalue weighted by atomic mass is 16.5. The molecule has 17 heavy (non-hydrogen) atoms. The van der Waals surface area contributed by atoms with Crippen molar-refractivity contribution in [1.82, 2.24) is 15.2 Å². The molecule has 2 heterocycles. The van der Waals surface area contributed by atoms with E-state index in [9.17, 15) is 0 Å². The zero-order valence-corrected chi connectivity index (χ0v) is 10.6. The fourth-order valence-electron chi connectivity index (χ4n) is 2.29. The Morgan fingerprint density at radius 2 is 2.18 bits per heavy atom. The molecule has 1 fully saturated rings. The molecular formula is C13H21N3O. The van der Waals surface area contributed by atoms with Gasteiger partial charge < -0.3 is 10.1 Å². The number of hydrogen-bond acceptors (Lipinski definition) is 4. The highest BCUT2D eigenvalue weighted by Crippen LogP contribution is 2.14. The van der Waals surface area contributed by atoms with Crippen LogP contribution in [0.15, 0.2) is 18.2 Å². The third-order valence-electron chi connectivity index (χ3n) is 3.33. The van der Waals surface area contributed by atoms with Crippen molar-refractivity contribution in [1.29, 1.82) is 0 Å². The van der Waals surface area contributed by atoms with Gasteiger partial charge in [-0.3, -0.25) is 4.90 Å². The minimum atomic E-state index is 0.671. The summed E-state index contributed by atoms with van der Waals surface area (Å²) < 4.78 is 5.14. The number of rotatable bonds is 4. The average Bonchev–Trinajstić information content (AvgIpc) is 2.40. The highest BCUT2D eigenvalue weighted by molar-refractivity contribution is 5.15. The van der Waals surface area contributed by atoms with E-state index in [4.69, 9.17) is 4.74 Å². The Morgan fingerprint density at radius 3 is 2.88 bits per heavy atom. The first-order valence-electron chi connectivity index (χ1n) is 6.20. The number of nitrogens with one attached hydrogen (secondary N) is 1. The standard InChI is InChI=1S/C13H21N3O/c1-16(12-6-8-14-9-7-12)10-11-4-3-5-13(15-11)17-2/h3-5,12,14H,6-10H2,1-2H3. The lowest BCUT2D eigenvalue weighted by Crippen LogP contribution is -2.40. The van der Waals surface area contributed by atoms with Crippen molar-refractivity contribution in [2.75, 3.05) is 27.2 Å². The Hall–Kier alpha value is -1.13. The van der Waals surface area contributed by atoms with Gasteiger partial charge in [0, 0.05) is 18.7 Å². The van der Waals surface area contributed by atoms with Gasteiger partial charge in [0.05, 0.1) is 12.8 Å². The Bertz CT molecular complexity index is 350. The van der Waals surface area contributed by atoms with Crippen LogP contribution >= 0.6 is 0 Å². The molecule has 1 aliphatic heterocycles.